The Kier molecular flexibility index (Phi) is 5.95. The Morgan fingerprint density at radius 3 is 2.50 bits per heavy atom. The second-order valence-corrected chi connectivity index (χ2v) is 6.68. The van der Waals surface area contributed by atoms with Crippen molar-refractivity contribution in [1.29, 1.82) is 0 Å². The van der Waals surface area contributed by atoms with Crippen LogP contribution in [0.4, 0.5) is 0 Å². The lowest BCUT2D eigenvalue weighted by molar-refractivity contribution is -0.148. The molecule has 0 amide bonds. The van der Waals surface area contributed by atoms with Crippen LogP contribution in [0.3, 0.4) is 0 Å². The van der Waals surface area contributed by atoms with E-state index in [0.717, 1.165) is 6.54 Å². The quantitative estimate of drug-likeness (QED) is 0.719. The van der Waals surface area contributed by atoms with Gasteiger partial charge in [0.1, 0.15) is 0 Å². The van der Waals surface area contributed by atoms with Gasteiger partial charge in [-0.15, -0.1) is 0 Å². The van der Waals surface area contributed by atoms with Crippen LogP contribution in [0, 0.1) is 11.3 Å². The maximum atomic E-state index is 11.3. The van der Waals surface area contributed by atoms with Crippen LogP contribution >= 0.6 is 0 Å². The zero-order valence-electron chi connectivity index (χ0n) is 12.8. The first-order valence-electron chi connectivity index (χ1n) is 6.96. The van der Waals surface area contributed by atoms with Gasteiger partial charge in [0.05, 0.1) is 19.6 Å². The van der Waals surface area contributed by atoms with Crippen LogP contribution in [0.25, 0.3) is 0 Å². The molecule has 1 rings (SSSR count). The zero-order valence-corrected chi connectivity index (χ0v) is 12.8. The fourth-order valence-corrected chi connectivity index (χ4v) is 2.34. The van der Waals surface area contributed by atoms with Crippen molar-refractivity contribution in [3.63, 3.8) is 0 Å². The highest BCUT2D eigenvalue weighted by atomic mass is 16.5. The molecule has 0 aromatic carbocycles. The summed E-state index contributed by atoms with van der Waals surface area (Å²) in [7, 11) is 1.34. The SMILES string of the molecule is COC(=O)CN1CC(NCC(C)(C)C)CC(C(=O)O)C1. The summed E-state index contributed by atoms with van der Waals surface area (Å²) in [4.78, 5) is 24.4. The second kappa shape index (κ2) is 7.04. The molecule has 0 bridgehead atoms. The van der Waals surface area contributed by atoms with E-state index in [9.17, 15) is 14.7 Å². The summed E-state index contributed by atoms with van der Waals surface area (Å²) in [6.45, 7) is 8.42. The van der Waals surface area contributed by atoms with E-state index in [4.69, 9.17) is 0 Å². The van der Waals surface area contributed by atoms with E-state index in [1.165, 1.54) is 7.11 Å². The predicted octanol–water partition coefficient (Wildman–Crippen LogP) is 0.570. The molecule has 2 unspecified atom stereocenters. The van der Waals surface area contributed by atoms with Gasteiger partial charge in [0.25, 0.3) is 0 Å². The molecule has 0 aromatic heterocycles. The third-order valence-electron chi connectivity index (χ3n) is 3.38. The van der Waals surface area contributed by atoms with Crippen LogP contribution in [0.15, 0.2) is 0 Å². The molecule has 1 saturated heterocycles. The Morgan fingerprint density at radius 1 is 1.35 bits per heavy atom. The monoisotopic (exact) mass is 286 g/mol. The van der Waals surface area contributed by atoms with E-state index in [1.807, 2.05) is 4.90 Å². The first-order valence-corrected chi connectivity index (χ1v) is 6.96. The molecule has 0 radical (unpaired) electrons. The second-order valence-electron chi connectivity index (χ2n) is 6.68. The molecule has 1 aliphatic heterocycles. The van der Waals surface area contributed by atoms with Gasteiger partial charge >= 0.3 is 11.9 Å². The van der Waals surface area contributed by atoms with Crippen molar-refractivity contribution >= 4 is 11.9 Å². The minimum absolute atomic E-state index is 0.0914. The molecule has 6 heteroatoms. The molecule has 0 aromatic rings. The van der Waals surface area contributed by atoms with Crippen LogP contribution in [-0.2, 0) is 14.3 Å². The lowest BCUT2D eigenvalue weighted by atomic mass is 9.92. The van der Waals surface area contributed by atoms with Crippen molar-refractivity contribution in [2.24, 2.45) is 11.3 Å². The molecule has 2 N–H and O–H groups in total. The molecular weight excluding hydrogens is 260 g/mol. The number of hydrogen-bond donors (Lipinski definition) is 2. The number of methoxy groups -OCH3 is 1. The summed E-state index contributed by atoms with van der Waals surface area (Å²) in [5, 5.41) is 12.6. The summed E-state index contributed by atoms with van der Waals surface area (Å²) in [6, 6.07) is 0.0914. The van der Waals surface area contributed by atoms with E-state index < -0.39 is 11.9 Å². The molecule has 20 heavy (non-hydrogen) atoms. The number of carbonyl (C=O) groups is 2. The first-order chi connectivity index (χ1) is 9.21. The van der Waals surface area contributed by atoms with Gasteiger partial charge < -0.3 is 15.2 Å². The predicted molar refractivity (Wildman–Crippen MR) is 75.4 cm³/mol. The van der Waals surface area contributed by atoms with Gasteiger partial charge in [-0.2, -0.15) is 0 Å². The van der Waals surface area contributed by atoms with Crippen molar-refractivity contribution in [2.45, 2.75) is 33.2 Å². The molecule has 116 valence electrons. The molecule has 0 aliphatic carbocycles. The summed E-state index contributed by atoms with van der Waals surface area (Å²) in [6.07, 6.45) is 0.600. The third-order valence-corrected chi connectivity index (χ3v) is 3.38. The van der Waals surface area contributed by atoms with Crippen molar-refractivity contribution in [3.05, 3.63) is 0 Å². The van der Waals surface area contributed by atoms with Crippen LogP contribution in [0.1, 0.15) is 27.2 Å². The first kappa shape index (κ1) is 16.9. The van der Waals surface area contributed by atoms with Gasteiger partial charge in [-0.1, -0.05) is 20.8 Å². The van der Waals surface area contributed by atoms with Gasteiger partial charge in [0, 0.05) is 25.7 Å². The Labute approximate surface area is 120 Å². The number of nitrogens with zero attached hydrogens (tertiary/aromatic N) is 1. The van der Waals surface area contributed by atoms with E-state index >= 15 is 0 Å². The number of aliphatic carboxylic acids is 1. The van der Waals surface area contributed by atoms with Crippen LogP contribution < -0.4 is 5.32 Å². The van der Waals surface area contributed by atoms with E-state index in [1.54, 1.807) is 0 Å². The summed E-state index contributed by atoms with van der Waals surface area (Å²) < 4.78 is 4.65. The molecule has 0 saturated carbocycles. The largest absolute Gasteiger partial charge is 0.481 e. The van der Waals surface area contributed by atoms with Gasteiger partial charge in [0.15, 0.2) is 0 Å². The lowest BCUT2D eigenvalue weighted by Crippen LogP contribution is -2.53. The Bertz CT molecular complexity index is 352. The van der Waals surface area contributed by atoms with E-state index in [-0.39, 0.29) is 24.0 Å². The van der Waals surface area contributed by atoms with E-state index in [2.05, 4.69) is 30.8 Å². The van der Waals surface area contributed by atoms with Gasteiger partial charge in [0.2, 0.25) is 0 Å². The minimum Gasteiger partial charge on any atom is -0.481 e. The Balaban J connectivity index is 2.60. The highest BCUT2D eigenvalue weighted by molar-refractivity contribution is 5.72. The zero-order chi connectivity index (χ0) is 15.3. The maximum Gasteiger partial charge on any atom is 0.319 e. The lowest BCUT2D eigenvalue weighted by Gasteiger charge is -2.37. The number of carboxylic acid groups (broad SMARTS) is 1. The maximum absolute atomic E-state index is 11.3. The molecule has 0 spiro atoms. The number of hydrogen-bond acceptors (Lipinski definition) is 5. The number of piperidine rings is 1. The fraction of sp³-hybridized carbons (Fsp3) is 0.857. The normalized spacial score (nSPS) is 24.4. The average Bonchev–Trinajstić information content (AvgIpc) is 2.35. The number of likely N-dealkylation sites (tertiary alicyclic amines) is 1. The average molecular weight is 286 g/mol. The Morgan fingerprint density at radius 2 is 2.00 bits per heavy atom. The minimum atomic E-state index is -0.804. The number of nitrogens with one attached hydrogen (secondary N) is 1. The van der Waals surface area contributed by atoms with Crippen molar-refractivity contribution in [1.82, 2.24) is 10.2 Å². The van der Waals surface area contributed by atoms with Crippen LogP contribution in [0.2, 0.25) is 0 Å². The molecule has 1 aliphatic rings. The van der Waals surface area contributed by atoms with Gasteiger partial charge in [-0.05, 0) is 11.8 Å². The molecular formula is C14H26N2O4. The van der Waals surface area contributed by atoms with Crippen molar-refractivity contribution in [3.8, 4) is 0 Å². The fourth-order valence-electron chi connectivity index (χ4n) is 2.34. The highest BCUT2D eigenvalue weighted by Crippen LogP contribution is 2.19. The van der Waals surface area contributed by atoms with Gasteiger partial charge in [-0.3, -0.25) is 14.5 Å². The number of carbonyl (C=O) groups excluding carboxylic acids is 1. The smallest absolute Gasteiger partial charge is 0.319 e. The van der Waals surface area contributed by atoms with Crippen molar-refractivity contribution in [2.75, 3.05) is 33.3 Å². The third kappa shape index (κ3) is 5.88. The topological polar surface area (TPSA) is 78.9 Å². The van der Waals surface area contributed by atoms with Crippen LogP contribution in [-0.4, -0.2) is 61.3 Å². The molecule has 1 fully saturated rings. The Hall–Kier alpha value is -1.14. The number of ether oxygens (including phenoxy) is 1. The summed E-state index contributed by atoms with van der Waals surface area (Å²) >= 11 is 0. The number of rotatable bonds is 5. The summed E-state index contributed by atoms with van der Waals surface area (Å²) in [5.41, 5.74) is 0.142. The highest BCUT2D eigenvalue weighted by Gasteiger charge is 2.32. The van der Waals surface area contributed by atoms with E-state index in [0.29, 0.717) is 19.5 Å². The van der Waals surface area contributed by atoms with Crippen LogP contribution in [0.5, 0.6) is 0 Å². The summed E-state index contributed by atoms with van der Waals surface area (Å²) in [5.74, 6) is -1.57. The number of esters is 1. The molecule has 2 atom stereocenters. The standard InChI is InChI=1S/C14H26N2O4/c1-14(2,3)9-15-11-5-10(13(18)19)6-16(7-11)8-12(17)20-4/h10-11,15H,5-9H2,1-4H3,(H,18,19). The number of carboxylic acids is 1. The van der Waals surface area contributed by atoms with Gasteiger partial charge in [-0.25, -0.2) is 0 Å². The van der Waals surface area contributed by atoms with Crippen molar-refractivity contribution < 1.29 is 19.4 Å². The molecule has 6 nitrogen and oxygen atoms in total. The molecule has 1 heterocycles.